The fourth-order valence-corrected chi connectivity index (χ4v) is 2.22. The van der Waals surface area contributed by atoms with Crippen LogP contribution in [0, 0.1) is 15.9 Å². The van der Waals surface area contributed by atoms with E-state index in [0.717, 1.165) is 6.07 Å². The normalized spacial score (nSPS) is 23.4. The molecule has 0 aliphatic carbocycles. The molecule has 1 heterocycles. The van der Waals surface area contributed by atoms with Crippen molar-refractivity contribution in [3.05, 3.63) is 32.5 Å². The highest BCUT2D eigenvalue weighted by atomic mass is 79.9. The molecule has 1 fully saturated rings. The highest BCUT2D eigenvalue weighted by molar-refractivity contribution is 9.10. The molecule has 0 bridgehead atoms. The quantitative estimate of drug-likeness (QED) is 0.628. The summed E-state index contributed by atoms with van der Waals surface area (Å²) in [6.07, 6.45) is -1.93. The zero-order valence-electron chi connectivity index (χ0n) is 9.08. The molecule has 1 aromatic rings. The van der Waals surface area contributed by atoms with Gasteiger partial charge in [-0.15, -0.1) is 0 Å². The number of anilines is 1. The summed E-state index contributed by atoms with van der Waals surface area (Å²) in [6, 6.07) is 2.09. The first-order valence-corrected chi connectivity index (χ1v) is 5.94. The van der Waals surface area contributed by atoms with Gasteiger partial charge in [0, 0.05) is 13.1 Å². The Balaban J connectivity index is 2.43. The molecule has 0 saturated carbocycles. The Morgan fingerprint density at radius 1 is 1.39 bits per heavy atom. The van der Waals surface area contributed by atoms with Crippen LogP contribution in [0.3, 0.4) is 0 Å². The fraction of sp³-hybridized carbons (Fsp3) is 0.400. The van der Waals surface area contributed by atoms with Gasteiger partial charge in [0.05, 0.1) is 27.7 Å². The molecule has 2 N–H and O–H groups in total. The molecule has 0 radical (unpaired) electrons. The van der Waals surface area contributed by atoms with Crippen LogP contribution in [0.15, 0.2) is 16.6 Å². The smallest absolute Gasteiger partial charge is 0.295 e. The third kappa shape index (κ3) is 2.31. The van der Waals surface area contributed by atoms with Gasteiger partial charge < -0.3 is 15.1 Å². The Hall–Kier alpha value is -1.25. The van der Waals surface area contributed by atoms with Crippen LogP contribution >= 0.6 is 15.9 Å². The summed E-state index contributed by atoms with van der Waals surface area (Å²) >= 11 is 2.96. The van der Waals surface area contributed by atoms with E-state index >= 15 is 0 Å². The first-order chi connectivity index (χ1) is 8.40. The highest BCUT2D eigenvalue weighted by Crippen LogP contribution is 2.35. The summed E-state index contributed by atoms with van der Waals surface area (Å²) < 4.78 is 13.4. The van der Waals surface area contributed by atoms with Crippen molar-refractivity contribution in [3.8, 4) is 0 Å². The minimum Gasteiger partial charge on any atom is -0.389 e. The second-order valence-electron chi connectivity index (χ2n) is 4.05. The van der Waals surface area contributed by atoms with Gasteiger partial charge in [-0.2, -0.15) is 0 Å². The number of rotatable bonds is 2. The minimum absolute atomic E-state index is 0.0695. The van der Waals surface area contributed by atoms with Crippen LogP contribution in [0.1, 0.15) is 0 Å². The van der Waals surface area contributed by atoms with Crippen molar-refractivity contribution in [2.24, 2.45) is 0 Å². The van der Waals surface area contributed by atoms with Gasteiger partial charge in [-0.1, -0.05) is 0 Å². The fourth-order valence-electron chi connectivity index (χ4n) is 1.89. The largest absolute Gasteiger partial charge is 0.389 e. The molecular weight excluding hydrogens is 311 g/mol. The lowest BCUT2D eigenvalue weighted by molar-refractivity contribution is -0.384. The van der Waals surface area contributed by atoms with Gasteiger partial charge in [-0.3, -0.25) is 10.1 Å². The molecule has 2 unspecified atom stereocenters. The topological polar surface area (TPSA) is 86.8 Å². The van der Waals surface area contributed by atoms with E-state index in [2.05, 4.69) is 15.9 Å². The van der Waals surface area contributed by atoms with Crippen molar-refractivity contribution in [2.75, 3.05) is 18.0 Å². The van der Waals surface area contributed by atoms with Gasteiger partial charge in [-0.25, -0.2) is 4.39 Å². The van der Waals surface area contributed by atoms with Crippen LogP contribution in [0.4, 0.5) is 15.8 Å². The van der Waals surface area contributed by atoms with Crippen LogP contribution in [0.2, 0.25) is 0 Å². The molecule has 8 heteroatoms. The number of nitrogens with zero attached hydrogens (tertiary/aromatic N) is 2. The zero-order valence-corrected chi connectivity index (χ0v) is 10.7. The zero-order chi connectivity index (χ0) is 13.4. The molecule has 0 aromatic heterocycles. The molecule has 0 spiro atoms. The molecule has 1 aliphatic rings. The van der Waals surface area contributed by atoms with Gasteiger partial charge in [0.2, 0.25) is 0 Å². The number of β-amino-alcohol motifs (C(OH)–C–C–N with tert-alkyl or cyclic N) is 2. The van der Waals surface area contributed by atoms with Crippen molar-refractivity contribution in [3.63, 3.8) is 0 Å². The maximum Gasteiger partial charge on any atom is 0.295 e. The first-order valence-electron chi connectivity index (χ1n) is 5.14. The average molecular weight is 321 g/mol. The number of nitro groups is 1. The molecule has 2 atom stereocenters. The van der Waals surface area contributed by atoms with Crippen LogP contribution in [0.25, 0.3) is 0 Å². The standard InChI is InChI=1S/C10H10BrFN2O4/c11-5-1-7(8(14(17)18)2-6(5)12)13-3-9(15)10(16)4-13/h1-2,9-10,15-16H,3-4H2. The number of benzene rings is 1. The van der Waals surface area contributed by atoms with Crippen LogP contribution in [-0.4, -0.2) is 40.4 Å². The third-order valence-electron chi connectivity index (χ3n) is 2.81. The molecule has 6 nitrogen and oxygen atoms in total. The first kappa shape index (κ1) is 13.2. The number of hydrogen-bond donors (Lipinski definition) is 2. The van der Waals surface area contributed by atoms with Crippen molar-refractivity contribution < 1.29 is 19.5 Å². The average Bonchev–Trinajstić information content (AvgIpc) is 2.62. The minimum atomic E-state index is -0.964. The van der Waals surface area contributed by atoms with Crippen molar-refractivity contribution >= 4 is 27.3 Å². The van der Waals surface area contributed by atoms with Crippen molar-refractivity contribution in [1.29, 1.82) is 0 Å². The van der Waals surface area contributed by atoms with E-state index < -0.39 is 28.6 Å². The van der Waals surface area contributed by atoms with E-state index in [1.807, 2.05) is 0 Å². The SMILES string of the molecule is O=[N+]([O-])c1cc(F)c(Br)cc1N1CC(O)C(O)C1. The summed E-state index contributed by atoms with van der Waals surface area (Å²) in [5.41, 5.74) is -0.221. The number of nitro benzene ring substituents is 1. The molecule has 0 amide bonds. The van der Waals surface area contributed by atoms with E-state index in [4.69, 9.17) is 0 Å². The van der Waals surface area contributed by atoms with Crippen LogP contribution in [0.5, 0.6) is 0 Å². The molecule has 98 valence electrons. The maximum atomic E-state index is 13.3. The maximum absolute atomic E-state index is 13.3. The summed E-state index contributed by atoms with van der Waals surface area (Å²) in [4.78, 5) is 11.6. The third-order valence-corrected chi connectivity index (χ3v) is 3.42. The summed E-state index contributed by atoms with van der Waals surface area (Å²) in [6.45, 7) is 0.139. The molecule has 1 aliphatic heterocycles. The Morgan fingerprint density at radius 2 is 1.94 bits per heavy atom. The summed E-state index contributed by atoms with van der Waals surface area (Å²) in [5.74, 6) is -0.731. The molecule has 18 heavy (non-hydrogen) atoms. The predicted octanol–water partition coefficient (Wildman–Crippen LogP) is 1.04. The number of halogens is 2. The van der Waals surface area contributed by atoms with Gasteiger partial charge in [0.15, 0.2) is 0 Å². The molecular formula is C10H10BrFN2O4. The van der Waals surface area contributed by atoms with E-state index in [0.29, 0.717) is 0 Å². The van der Waals surface area contributed by atoms with Crippen LogP contribution < -0.4 is 4.90 Å². The monoisotopic (exact) mass is 320 g/mol. The predicted molar refractivity (Wildman–Crippen MR) is 65.0 cm³/mol. The van der Waals surface area contributed by atoms with Crippen LogP contribution in [-0.2, 0) is 0 Å². The highest BCUT2D eigenvalue weighted by Gasteiger charge is 2.33. The van der Waals surface area contributed by atoms with Crippen molar-refractivity contribution in [1.82, 2.24) is 0 Å². The molecule has 2 rings (SSSR count). The second kappa shape index (κ2) is 4.79. The summed E-state index contributed by atoms with van der Waals surface area (Å²) in [5, 5.41) is 29.7. The Labute approximate surface area is 110 Å². The van der Waals surface area contributed by atoms with E-state index in [-0.39, 0.29) is 23.2 Å². The Bertz CT molecular complexity index is 489. The lowest BCUT2D eigenvalue weighted by Gasteiger charge is -2.17. The lowest BCUT2D eigenvalue weighted by Crippen LogP contribution is -2.22. The number of hydrogen-bond acceptors (Lipinski definition) is 5. The van der Waals surface area contributed by atoms with E-state index in [9.17, 15) is 24.7 Å². The van der Waals surface area contributed by atoms with Gasteiger partial charge in [0.25, 0.3) is 5.69 Å². The molecule has 1 saturated heterocycles. The van der Waals surface area contributed by atoms with Crippen molar-refractivity contribution in [2.45, 2.75) is 12.2 Å². The molecule has 1 aromatic carbocycles. The Kier molecular flexibility index (Phi) is 3.51. The number of aliphatic hydroxyl groups is 2. The van der Waals surface area contributed by atoms with E-state index in [1.54, 1.807) is 0 Å². The van der Waals surface area contributed by atoms with Gasteiger partial charge >= 0.3 is 0 Å². The van der Waals surface area contributed by atoms with E-state index in [1.165, 1.54) is 11.0 Å². The second-order valence-corrected chi connectivity index (χ2v) is 4.91. The Morgan fingerprint density at radius 3 is 2.44 bits per heavy atom. The number of aliphatic hydroxyl groups excluding tert-OH is 2. The summed E-state index contributed by atoms with van der Waals surface area (Å²) in [7, 11) is 0. The van der Waals surface area contributed by atoms with Gasteiger partial charge in [-0.05, 0) is 22.0 Å². The lowest BCUT2D eigenvalue weighted by atomic mass is 10.2. The van der Waals surface area contributed by atoms with Gasteiger partial charge in [0.1, 0.15) is 11.5 Å².